The van der Waals surface area contributed by atoms with Gasteiger partial charge in [-0.25, -0.2) is 14.4 Å². The van der Waals surface area contributed by atoms with Gasteiger partial charge < -0.3 is 15.2 Å². The zero-order valence-corrected chi connectivity index (χ0v) is 6.55. The fourth-order valence-electron chi connectivity index (χ4n) is 0.800. The van der Waals surface area contributed by atoms with Crippen molar-refractivity contribution < 1.29 is 19.8 Å². The summed E-state index contributed by atoms with van der Waals surface area (Å²) in [5, 5.41) is 16.8. The van der Waals surface area contributed by atoms with E-state index in [-0.39, 0.29) is 4.57 Å². The highest BCUT2D eigenvalue weighted by Gasteiger charge is 2.16. The van der Waals surface area contributed by atoms with E-state index in [0.717, 1.165) is 0 Å². The van der Waals surface area contributed by atoms with Gasteiger partial charge in [-0.1, -0.05) is 0 Å². The number of nitrogens with zero attached hydrogens (tertiary/aromatic N) is 1. The Labute approximate surface area is 75.0 Å². The highest BCUT2D eigenvalue weighted by Crippen LogP contribution is 1.84. The Morgan fingerprint density at radius 3 is 2.29 bits per heavy atom. The monoisotopic (exact) mass is 200 g/mol. The minimum atomic E-state index is -1.83. The first-order valence-corrected chi connectivity index (χ1v) is 3.26. The van der Waals surface area contributed by atoms with Crippen molar-refractivity contribution in [2.24, 2.45) is 0 Å². The highest BCUT2D eigenvalue weighted by atomic mass is 16.4. The summed E-state index contributed by atoms with van der Waals surface area (Å²) in [6, 6.07) is 0. The lowest BCUT2D eigenvalue weighted by molar-refractivity contribution is 0.0694. The smallest absolute Gasteiger partial charge is 0.422 e. The molecule has 0 aliphatic rings. The first-order valence-electron chi connectivity index (χ1n) is 3.26. The molecule has 0 amide bonds. The number of aromatic nitrogens is 2. The Morgan fingerprint density at radius 1 is 1.29 bits per heavy atom. The third kappa shape index (κ3) is 1.40. The van der Waals surface area contributed by atoms with Gasteiger partial charge in [-0.2, -0.15) is 4.57 Å². The Kier molecular flexibility index (Phi) is 2.19. The van der Waals surface area contributed by atoms with Gasteiger partial charge in [0, 0.05) is 6.20 Å². The maximum Gasteiger partial charge on any atom is 0.422 e. The van der Waals surface area contributed by atoms with Crippen molar-refractivity contribution in [1.29, 1.82) is 0 Å². The largest absolute Gasteiger partial charge is 0.477 e. The summed E-state index contributed by atoms with van der Waals surface area (Å²) in [7, 11) is 0. The molecule has 0 atom stereocenters. The van der Waals surface area contributed by atoms with Gasteiger partial charge in [0.25, 0.3) is 5.56 Å². The number of rotatable bonds is 1. The SMILES string of the molecule is O=C(O)c1c[nH]c(=O)n(C(=O)O)c1=O. The molecule has 1 aromatic rings. The van der Waals surface area contributed by atoms with Crippen LogP contribution in [0.4, 0.5) is 4.79 Å². The molecular weight excluding hydrogens is 196 g/mol. The lowest BCUT2D eigenvalue weighted by Crippen LogP contribution is -2.41. The van der Waals surface area contributed by atoms with E-state index in [4.69, 9.17) is 10.2 Å². The fraction of sp³-hybridized carbons (Fsp3) is 0. The molecule has 0 radical (unpaired) electrons. The zero-order chi connectivity index (χ0) is 10.9. The van der Waals surface area contributed by atoms with Crippen LogP contribution in [0.1, 0.15) is 10.4 Å². The second kappa shape index (κ2) is 3.17. The molecule has 74 valence electrons. The number of carboxylic acid groups (broad SMARTS) is 2. The van der Waals surface area contributed by atoms with Gasteiger partial charge in [-0.3, -0.25) is 4.79 Å². The quantitative estimate of drug-likeness (QED) is 0.519. The number of hydrogen-bond acceptors (Lipinski definition) is 4. The molecule has 3 N–H and O–H groups in total. The van der Waals surface area contributed by atoms with E-state index >= 15 is 0 Å². The number of carbonyl (C=O) groups is 2. The van der Waals surface area contributed by atoms with E-state index in [1.165, 1.54) is 0 Å². The topological polar surface area (TPSA) is 129 Å². The molecule has 14 heavy (non-hydrogen) atoms. The van der Waals surface area contributed by atoms with Crippen molar-refractivity contribution in [1.82, 2.24) is 9.55 Å². The lowest BCUT2D eigenvalue weighted by Gasteiger charge is -1.97. The summed E-state index contributed by atoms with van der Waals surface area (Å²) >= 11 is 0. The standard InChI is InChI=1S/C6H4N2O6/c9-3-2(4(10)11)1-7-5(12)8(3)6(13)14/h1H,(H,7,12)(H,10,11)(H,13,14). The third-order valence-corrected chi connectivity index (χ3v) is 1.40. The fourth-order valence-corrected chi connectivity index (χ4v) is 0.800. The molecular formula is C6H4N2O6. The molecule has 0 fully saturated rings. The summed E-state index contributed by atoms with van der Waals surface area (Å²) in [6.07, 6.45) is -1.19. The number of aromatic carboxylic acids is 1. The van der Waals surface area contributed by atoms with E-state index in [1.807, 2.05) is 4.98 Å². The minimum Gasteiger partial charge on any atom is -0.477 e. The number of nitrogens with one attached hydrogen (secondary N) is 1. The van der Waals surface area contributed by atoms with Crippen molar-refractivity contribution in [3.63, 3.8) is 0 Å². The Balaban J connectivity index is 3.67. The highest BCUT2D eigenvalue weighted by molar-refractivity contribution is 5.87. The molecule has 0 spiro atoms. The molecule has 0 saturated heterocycles. The Hall–Kier alpha value is -2.38. The van der Waals surface area contributed by atoms with Gasteiger partial charge in [-0.05, 0) is 0 Å². The summed E-state index contributed by atoms with van der Waals surface area (Å²) in [5.41, 5.74) is -3.40. The van der Waals surface area contributed by atoms with E-state index < -0.39 is 28.9 Å². The molecule has 1 heterocycles. The molecule has 0 saturated carbocycles. The zero-order valence-electron chi connectivity index (χ0n) is 6.55. The van der Waals surface area contributed by atoms with Gasteiger partial charge in [0.2, 0.25) is 0 Å². The van der Waals surface area contributed by atoms with Gasteiger partial charge in [0.15, 0.2) is 0 Å². The van der Waals surface area contributed by atoms with Crippen LogP contribution in [0, 0.1) is 0 Å². The van der Waals surface area contributed by atoms with E-state index in [1.54, 1.807) is 0 Å². The number of H-pyrrole nitrogens is 1. The van der Waals surface area contributed by atoms with Crippen LogP contribution in [0.2, 0.25) is 0 Å². The van der Waals surface area contributed by atoms with Gasteiger partial charge in [-0.15, -0.1) is 0 Å². The molecule has 1 rings (SSSR count). The molecule has 8 heteroatoms. The van der Waals surface area contributed by atoms with Crippen LogP contribution < -0.4 is 11.2 Å². The van der Waals surface area contributed by atoms with Crippen molar-refractivity contribution in [2.45, 2.75) is 0 Å². The molecule has 0 aliphatic carbocycles. The molecule has 0 unspecified atom stereocenters. The number of aromatic amines is 1. The van der Waals surface area contributed by atoms with Crippen molar-refractivity contribution in [3.8, 4) is 0 Å². The summed E-state index contributed by atoms with van der Waals surface area (Å²) in [6.45, 7) is 0. The lowest BCUT2D eigenvalue weighted by atomic mass is 10.3. The Morgan fingerprint density at radius 2 is 1.86 bits per heavy atom. The number of carboxylic acids is 1. The predicted octanol–water partition coefficient (Wildman–Crippen LogP) is -1.24. The van der Waals surface area contributed by atoms with Crippen LogP contribution >= 0.6 is 0 Å². The van der Waals surface area contributed by atoms with Crippen LogP contribution in [0.3, 0.4) is 0 Å². The molecule has 1 aromatic heterocycles. The van der Waals surface area contributed by atoms with E-state index in [2.05, 4.69) is 0 Å². The van der Waals surface area contributed by atoms with Gasteiger partial charge >= 0.3 is 17.8 Å². The summed E-state index contributed by atoms with van der Waals surface area (Å²) in [5.74, 6) is -1.61. The summed E-state index contributed by atoms with van der Waals surface area (Å²) < 4.78 is -0.219. The van der Waals surface area contributed by atoms with Crippen LogP contribution in [0.15, 0.2) is 15.8 Å². The predicted molar refractivity (Wildman–Crippen MR) is 41.7 cm³/mol. The van der Waals surface area contributed by atoms with Crippen molar-refractivity contribution in [2.75, 3.05) is 0 Å². The maximum atomic E-state index is 11.1. The van der Waals surface area contributed by atoms with Crippen molar-refractivity contribution >= 4 is 12.1 Å². The van der Waals surface area contributed by atoms with Crippen LogP contribution in [0.25, 0.3) is 0 Å². The first kappa shape index (κ1) is 9.71. The molecule has 0 aliphatic heterocycles. The minimum absolute atomic E-state index is 0.219. The molecule has 0 bridgehead atoms. The van der Waals surface area contributed by atoms with Gasteiger partial charge in [0.1, 0.15) is 5.56 Å². The van der Waals surface area contributed by atoms with Crippen LogP contribution in [-0.2, 0) is 0 Å². The first-order chi connectivity index (χ1) is 6.45. The molecule has 8 nitrogen and oxygen atoms in total. The maximum absolute atomic E-state index is 11.1. The Bertz CT molecular complexity index is 510. The second-order valence-corrected chi connectivity index (χ2v) is 2.24. The number of hydrogen-bond donors (Lipinski definition) is 3. The van der Waals surface area contributed by atoms with Gasteiger partial charge in [0.05, 0.1) is 0 Å². The molecule has 0 aromatic carbocycles. The van der Waals surface area contributed by atoms with Crippen LogP contribution in [-0.4, -0.2) is 31.8 Å². The van der Waals surface area contributed by atoms with E-state index in [9.17, 15) is 19.2 Å². The third-order valence-electron chi connectivity index (χ3n) is 1.40. The average molecular weight is 200 g/mol. The van der Waals surface area contributed by atoms with E-state index in [0.29, 0.717) is 6.20 Å². The van der Waals surface area contributed by atoms with Crippen molar-refractivity contribution in [3.05, 3.63) is 32.6 Å². The summed E-state index contributed by atoms with van der Waals surface area (Å²) in [4.78, 5) is 44.4. The second-order valence-electron chi connectivity index (χ2n) is 2.24. The average Bonchev–Trinajstić information content (AvgIpc) is 2.02. The normalized spacial score (nSPS) is 9.71. The van der Waals surface area contributed by atoms with Crippen LogP contribution in [0.5, 0.6) is 0 Å².